The molecule has 1 unspecified atom stereocenters. The lowest BCUT2D eigenvalue weighted by Crippen LogP contribution is -2.07. The summed E-state index contributed by atoms with van der Waals surface area (Å²) >= 11 is 2.04. The van der Waals surface area contributed by atoms with E-state index in [9.17, 15) is 0 Å². The average Bonchev–Trinajstić information content (AvgIpc) is 2.58. The fraction of sp³-hybridized carbons (Fsp3) is 0.727. The predicted molar refractivity (Wildman–Crippen MR) is 68.0 cm³/mol. The van der Waals surface area contributed by atoms with Crippen LogP contribution in [0.1, 0.15) is 27.2 Å². The minimum absolute atomic E-state index is 0.609. The van der Waals surface area contributed by atoms with Gasteiger partial charge >= 0.3 is 0 Å². The SMILES string of the molecule is CC(C)C(C)SCCCn1ccc(N)n1. The standard InChI is InChI=1S/C11H21N3S/c1-9(2)10(3)15-8-4-6-14-7-5-11(12)13-14/h5,7,9-10H,4,6,8H2,1-3H3,(H2,12,13). The number of thioether (sulfide) groups is 1. The molecule has 1 atom stereocenters. The molecule has 0 radical (unpaired) electrons. The molecular formula is C11H21N3S. The Morgan fingerprint density at radius 3 is 2.73 bits per heavy atom. The second-order valence-corrected chi connectivity index (χ2v) is 5.66. The summed E-state index contributed by atoms with van der Waals surface area (Å²) in [6.45, 7) is 7.80. The van der Waals surface area contributed by atoms with E-state index < -0.39 is 0 Å². The largest absolute Gasteiger partial charge is 0.382 e. The highest BCUT2D eigenvalue weighted by Gasteiger charge is 2.06. The van der Waals surface area contributed by atoms with Crippen LogP contribution in [0.2, 0.25) is 0 Å². The molecule has 0 spiro atoms. The molecule has 0 aromatic carbocycles. The minimum Gasteiger partial charge on any atom is -0.382 e. The third-order valence-corrected chi connectivity index (χ3v) is 4.11. The van der Waals surface area contributed by atoms with E-state index in [-0.39, 0.29) is 0 Å². The third-order valence-electron chi connectivity index (χ3n) is 2.51. The highest BCUT2D eigenvalue weighted by molar-refractivity contribution is 7.99. The van der Waals surface area contributed by atoms with E-state index >= 15 is 0 Å². The van der Waals surface area contributed by atoms with Crippen molar-refractivity contribution in [2.75, 3.05) is 11.5 Å². The molecule has 0 aliphatic rings. The first kappa shape index (κ1) is 12.4. The molecule has 0 aliphatic heterocycles. The van der Waals surface area contributed by atoms with E-state index in [1.807, 2.05) is 28.7 Å². The van der Waals surface area contributed by atoms with Gasteiger partial charge in [-0.05, 0) is 24.2 Å². The average molecular weight is 227 g/mol. The predicted octanol–water partition coefficient (Wildman–Crippen LogP) is 2.63. The molecule has 0 aliphatic carbocycles. The van der Waals surface area contributed by atoms with Crippen LogP contribution in [-0.4, -0.2) is 20.8 Å². The van der Waals surface area contributed by atoms with Crippen molar-refractivity contribution < 1.29 is 0 Å². The van der Waals surface area contributed by atoms with Gasteiger partial charge in [0.25, 0.3) is 0 Å². The summed E-state index contributed by atoms with van der Waals surface area (Å²) in [6.07, 6.45) is 3.09. The second kappa shape index (κ2) is 6.05. The zero-order valence-corrected chi connectivity index (χ0v) is 10.6. The van der Waals surface area contributed by atoms with Gasteiger partial charge in [0.1, 0.15) is 5.82 Å². The van der Waals surface area contributed by atoms with Crippen LogP contribution < -0.4 is 5.73 Å². The van der Waals surface area contributed by atoms with Crippen molar-refractivity contribution in [3.63, 3.8) is 0 Å². The molecule has 0 saturated carbocycles. The van der Waals surface area contributed by atoms with Gasteiger partial charge in [0.15, 0.2) is 0 Å². The molecule has 0 bridgehead atoms. The van der Waals surface area contributed by atoms with Crippen molar-refractivity contribution in [3.05, 3.63) is 12.3 Å². The second-order valence-electron chi connectivity index (χ2n) is 4.18. The smallest absolute Gasteiger partial charge is 0.145 e. The van der Waals surface area contributed by atoms with Gasteiger partial charge in [-0.3, -0.25) is 4.68 Å². The van der Waals surface area contributed by atoms with Gasteiger partial charge in [-0.2, -0.15) is 16.9 Å². The Labute approximate surface area is 96.4 Å². The lowest BCUT2D eigenvalue weighted by molar-refractivity contribution is 0.604. The highest BCUT2D eigenvalue weighted by atomic mass is 32.2. The maximum absolute atomic E-state index is 5.53. The van der Waals surface area contributed by atoms with Crippen LogP contribution >= 0.6 is 11.8 Å². The molecule has 1 rings (SSSR count). The molecule has 4 heteroatoms. The van der Waals surface area contributed by atoms with E-state index in [4.69, 9.17) is 5.73 Å². The van der Waals surface area contributed by atoms with E-state index in [0.717, 1.165) is 24.1 Å². The number of aromatic nitrogens is 2. The number of hydrogen-bond donors (Lipinski definition) is 1. The third kappa shape index (κ3) is 4.60. The van der Waals surface area contributed by atoms with Gasteiger partial charge in [-0.25, -0.2) is 0 Å². The van der Waals surface area contributed by atoms with Crippen molar-refractivity contribution in [1.29, 1.82) is 0 Å². The molecule has 0 amide bonds. The molecule has 0 saturated heterocycles. The van der Waals surface area contributed by atoms with Gasteiger partial charge in [0, 0.05) is 18.0 Å². The van der Waals surface area contributed by atoms with Crippen LogP contribution in [0.25, 0.3) is 0 Å². The topological polar surface area (TPSA) is 43.8 Å². The Kier molecular flexibility index (Phi) is 5.02. The van der Waals surface area contributed by atoms with Crippen LogP contribution in [0.15, 0.2) is 12.3 Å². The minimum atomic E-state index is 0.609. The van der Waals surface area contributed by atoms with Gasteiger partial charge in [-0.15, -0.1) is 0 Å². The number of nitrogens with two attached hydrogens (primary N) is 1. The van der Waals surface area contributed by atoms with Crippen LogP contribution in [0.5, 0.6) is 0 Å². The van der Waals surface area contributed by atoms with Crippen molar-refractivity contribution >= 4 is 17.6 Å². The number of nitrogen functional groups attached to an aromatic ring is 1. The molecule has 1 heterocycles. The van der Waals surface area contributed by atoms with Crippen LogP contribution in [0, 0.1) is 5.92 Å². The fourth-order valence-corrected chi connectivity index (χ4v) is 2.24. The summed E-state index contributed by atoms with van der Waals surface area (Å²) in [5, 5.41) is 4.89. The number of anilines is 1. The summed E-state index contributed by atoms with van der Waals surface area (Å²) < 4.78 is 1.91. The van der Waals surface area contributed by atoms with Gasteiger partial charge in [-0.1, -0.05) is 20.8 Å². The highest BCUT2D eigenvalue weighted by Crippen LogP contribution is 2.19. The number of nitrogens with zero attached hydrogens (tertiary/aromatic N) is 2. The molecule has 3 nitrogen and oxygen atoms in total. The van der Waals surface area contributed by atoms with Gasteiger partial charge < -0.3 is 5.73 Å². The number of aryl methyl sites for hydroxylation is 1. The monoisotopic (exact) mass is 227 g/mol. The van der Waals surface area contributed by atoms with Crippen molar-refractivity contribution in [1.82, 2.24) is 9.78 Å². The zero-order valence-electron chi connectivity index (χ0n) is 9.81. The van der Waals surface area contributed by atoms with Crippen molar-refractivity contribution in [3.8, 4) is 0 Å². The maximum atomic E-state index is 5.53. The summed E-state index contributed by atoms with van der Waals surface area (Å²) in [4.78, 5) is 0. The first-order valence-corrected chi connectivity index (χ1v) is 6.55. The molecule has 2 N–H and O–H groups in total. The van der Waals surface area contributed by atoms with E-state index in [1.165, 1.54) is 5.75 Å². The van der Waals surface area contributed by atoms with E-state index in [0.29, 0.717) is 5.82 Å². The summed E-state index contributed by atoms with van der Waals surface area (Å²) in [5.74, 6) is 2.56. The summed E-state index contributed by atoms with van der Waals surface area (Å²) in [6, 6.07) is 1.84. The maximum Gasteiger partial charge on any atom is 0.145 e. The molecule has 0 fully saturated rings. The lowest BCUT2D eigenvalue weighted by Gasteiger charge is -2.14. The van der Waals surface area contributed by atoms with Crippen molar-refractivity contribution in [2.24, 2.45) is 5.92 Å². The van der Waals surface area contributed by atoms with Crippen LogP contribution in [0.4, 0.5) is 5.82 Å². The summed E-state index contributed by atoms with van der Waals surface area (Å²) in [5.41, 5.74) is 5.53. The Hall–Kier alpha value is -0.640. The van der Waals surface area contributed by atoms with Crippen molar-refractivity contribution in [2.45, 2.75) is 39.0 Å². The lowest BCUT2D eigenvalue weighted by atomic mass is 10.2. The normalized spacial score (nSPS) is 13.3. The van der Waals surface area contributed by atoms with Crippen LogP contribution in [-0.2, 0) is 6.54 Å². The van der Waals surface area contributed by atoms with E-state index in [1.54, 1.807) is 0 Å². The molecule has 1 aromatic heterocycles. The number of hydrogen-bond acceptors (Lipinski definition) is 3. The fourth-order valence-electron chi connectivity index (χ4n) is 1.19. The van der Waals surface area contributed by atoms with Gasteiger partial charge in [0.05, 0.1) is 0 Å². The first-order valence-electron chi connectivity index (χ1n) is 5.50. The van der Waals surface area contributed by atoms with Gasteiger partial charge in [0.2, 0.25) is 0 Å². The van der Waals surface area contributed by atoms with E-state index in [2.05, 4.69) is 25.9 Å². The Morgan fingerprint density at radius 1 is 1.47 bits per heavy atom. The Balaban J connectivity index is 2.12. The zero-order chi connectivity index (χ0) is 11.3. The molecule has 86 valence electrons. The summed E-state index contributed by atoms with van der Waals surface area (Å²) in [7, 11) is 0. The first-order chi connectivity index (χ1) is 7.09. The molecular weight excluding hydrogens is 206 g/mol. The molecule has 1 aromatic rings. The van der Waals surface area contributed by atoms with Crippen LogP contribution in [0.3, 0.4) is 0 Å². The quantitative estimate of drug-likeness (QED) is 0.760. The number of rotatable bonds is 6. The Morgan fingerprint density at radius 2 is 2.20 bits per heavy atom. The Bertz CT molecular complexity index is 283. The molecule has 15 heavy (non-hydrogen) atoms.